The van der Waals surface area contributed by atoms with Crippen molar-refractivity contribution in [3.05, 3.63) is 239 Å². The molecule has 5 unspecified atom stereocenters. The van der Waals surface area contributed by atoms with E-state index in [9.17, 15) is 10.2 Å². The van der Waals surface area contributed by atoms with Crippen LogP contribution >= 0.6 is 0 Å². The Morgan fingerprint density at radius 3 is 1.41 bits per heavy atom. The average molecular weight is 917 g/mol. The second-order valence-corrected chi connectivity index (χ2v) is 17.3. The lowest BCUT2D eigenvalue weighted by Gasteiger charge is -2.39. The van der Waals surface area contributed by atoms with Crippen molar-refractivity contribution in [2.75, 3.05) is 13.2 Å². The maximum atomic E-state index is 9.86. The SMILES string of the molecule is C=COCC.CCOC(C)Oc1ccc(C2(c3ccc(OC(C)C#CO)cc3)c3ccccc3C3=CC=CCC32)cc1.Oc1ccc(C2(c3ccc(O)cc3)c3ccccc3C3=CC=CCC32)cc1. The van der Waals surface area contributed by atoms with Crippen molar-refractivity contribution < 1.29 is 34.3 Å². The summed E-state index contributed by atoms with van der Waals surface area (Å²) in [5, 5.41) is 28.6. The van der Waals surface area contributed by atoms with Crippen molar-refractivity contribution in [2.45, 2.75) is 63.8 Å². The van der Waals surface area contributed by atoms with E-state index in [-0.39, 0.29) is 40.5 Å². The molecule has 6 aromatic carbocycles. The van der Waals surface area contributed by atoms with E-state index in [1.165, 1.54) is 50.8 Å². The largest absolute Gasteiger partial charge is 0.508 e. The Kier molecular flexibility index (Phi) is 14.9. The number of phenolic OH excluding ortho intramolecular Hbond substituents is 2. The van der Waals surface area contributed by atoms with Crippen LogP contribution in [0.2, 0.25) is 0 Å². The van der Waals surface area contributed by atoms with Crippen LogP contribution in [-0.4, -0.2) is 40.9 Å². The predicted molar refractivity (Wildman–Crippen MR) is 276 cm³/mol. The van der Waals surface area contributed by atoms with Crippen molar-refractivity contribution in [1.29, 1.82) is 0 Å². The molecular weight excluding hydrogens is 857 g/mol. The lowest BCUT2D eigenvalue weighted by atomic mass is 9.63. The van der Waals surface area contributed by atoms with Gasteiger partial charge in [0.15, 0.2) is 12.4 Å². The molecule has 0 aromatic heterocycles. The van der Waals surface area contributed by atoms with Crippen LogP contribution in [0.3, 0.4) is 0 Å². The van der Waals surface area contributed by atoms with Crippen LogP contribution in [0.5, 0.6) is 23.0 Å². The van der Waals surface area contributed by atoms with Gasteiger partial charge in [-0.3, -0.25) is 0 Å². The number of fused-ring (bicyclic) bond motifs is 6. The predicted octanol–water partition coefficient (Wildman–Crippen LogP) is 13.4. The van der Waals surface area contributed by atoms with Crippen molar-refractivity contribution in [3.63, 3.8) is 0 Å². The summed E-state index contributed by atoms with van der Waals surface area (Å²) in [6.45, 7) is 12.3. The van der Waals surface area contributed by atoms with Crippen LogP contribution in [0, 0.1) is 23.9 Å². The first-order valence-corrected chi connectivity index (χ1v) is 23.8. The lowest BCUT2D eigenvalue weighted by Crippen LogP contribution is -2.34. The Hall–Kier alpha value is -7.66. The van der Waals surface area contributed by atoms with Gasteiger partial charge in [0.25, 0.3) is 0 Å². The van der Waals surface area contributed by atoms with Gasteiger partial charge in [-0.05, 0) is 151 Å². The van der Waals surface area contributed by atoms with Gasteiger partial charge in [0.1, 0.15) is 29.1 Å². The minimum atomic E-state index is -0.401. The van der Waals surface area contributed by atoms with Gasteiger partial charge in [-0.25, -0.2) is 0 Å². The molecule has 7 nitrogen and oxygen atoms in total. The third kappa shape index (κ3) is 9.33. The van der Waals surface area contributed by atoms with Crippen LogP contribution in [-0.2, 0) is 20.3 Å². The van der Waals surface area contributed by atoms with E-state index < -0.39 is 6.10 Å². The van der Waals surface area contributed by atoms with Gasteiger partial charge in [-0.1, -0.05) is 140 Å². The van der Waals surface area contributed by atoms with E-state index in [1.54, 1.807) is 24.3 Å². The molecule has 0 bridgehead atoms. The van der Waals surface area contributed by atoms with Gasteiger partial charge in [-0.2, -0.15) is 0 Å². The molecule has 0 spiro atoms. The summed E-state index contributed by atoms with van der Waals surface area (Å²) in [6, 6.07) is 49.3. The molecule has 0 saturated heterocycles. The zero-order chi connectivity index (χ0) is 48.4. The zero-order valence-corrected chi connectivity index (χ0v) is 39.7. The topological polar surface area (TPSA) is 97.6 Å². The Bertz CT molecular complexity index is 2850. The Labute approximate surface area is 407 Å². The molecule has 7 heteroatoms. The Morgan fingerprint density at radius 1 is 0.594 bits per heavy atom. The summed E-state index contributed by atoms with van der Waals surface area (Å²) in [5.74, 6) is 5.19. The fraction of sp³-hybridized carbons (Fsp3) is 0.226. The second-order valence-electron chi connectivity index (χ2n) is 17.3. The molecule has 0 saturated carbocycles. The summed E-state index contributed by atoms with van der Waals surface area (Å²) >= 11 is 0. The maximum Gasteiger partial charge on any atom is 0.196 e. The van der Waals surface area contributed by atoms with Crippen LogP contribution in [0.15, 0.2) is 195 Å². The molecule has 0 aliphatic heterocycles. The summed E-state index contributed by atoms with van der Waals surface area (Å²) in [6.07, 6.45) is 17.9. The summed E-state index contributed by atoms with van der Waals surface area (Å²) < 4.78 is 22.0. The van der Waals surface area contributed by atoms with Gasteiger partial charge in [0.05, 0.1) is 23.7 Å². The number of rotatable bonds is 12. The molecule has 4 aliphatic rings. The molecule has 6 aromatic rings. The van der Waals surface area contributed by atoms with Crippen molar-refractivity contribution in [3.8, 4) is 35.0 Å². The first kappa shape index (κ1) is 47.8. The third-order valence-electron chi connectivity index (χ3n) is 13.5. The van der Waals surface area contributed by atoms with E-state index in [0.29, 0.717) is 12.4 Å². The van der Waals surface area contributed by atoms with Gasteiger partial charge in [0.2, 0.25) is 0 Å². The van der Waals surface area contributed by atoms with E-state index in [4.69, 9.17) is 19.3 Å². The summed E-state index contributed by atoms with van der Waals surface area (Å²) in [7, 11) is 0. The fourth-order valence-corrected chi connectivity index (χ4v) is 10.9. The number of phenols is 2. The second kappa shape index (κ2) is 21.5. The van der Waals surface area contributed by atoms with Crippen LogP contribution in [0.4, 0.5) is 0 Å². The number of allylic oxidation sites excluding steroid dienone is 8. The normalized spacial score (nSPS) is 19.3. The van der Waals surface area contributed by atoms with E-state index in [1.807, 2.05) is 82.3 Å². The van der Waals surface area contributed by atoms with E-state index >= 15 is 0 Å². The zero-order valence-electron chi connectivity index (χ0n) is 39.7. The van der Waals surface area contributed by atoms with Crippen LogP contribution < -0.4 is 9.47 Å². The third-order valence-corrected chi connectivity index (χ3v) is 13.5. The highest BCUT2D eigenvalue weighted by atomic mass is 16.7. The molecule has 3 N–H and O–H groups in total. The molecule has 0 heterocycles. The molecule has 0 fully saturated rings. The van der Waals surface area contributed by atoms with Gasteiger partial charge < -0.3 is 34.3 Å². The smallest absolute Gasteiger partial charge is 0.196 e. The van der Waals surface area contributed by atoms with Crippen LogP contribution in [0.25, 0.3) is 11.1 Å². The molecule has 4 aliphatic carbocycles. The molecule has 5 atom stereocenters. The number of hydrogen-bond acceptors (Lipinski definition) is 7. The summed E-state index contributed by atoms with van der Waals surface area (Å²) in [4.78, 5) is 0. The molecule has 10 rings (SSSR count). The maximum absolute atomic E-state index is 9.86. The highest BCUT2D eigenvalue weighted by molar-refractivity contribution is 5.85. The number of hydrogen-bond donors (Lipinski definition) is 3. The highest BCUT2D eigenvalue weighted by Gasteiger charge is 2.53. The monoisotopic (exact) mass is 916 g/mol. The number of aliphatic hydroxyl groups excluding tert-OH is 1. The molecule has 69 heavy (non-hydrogen) atoms. The highest BCUT2D eigenvalue weighted by Crippen LogP contribution is 2.61. The minimum absolute atomic E-state index is 0.259. The van der Waals surface area contributed by atoms with E-state index in [2.05, 4.69) is 126 Å². The quantitative estimate of drug-likeness (QED) is 0.0639. The Morgan fingerprint density at radius 2 is 1.01 bits per heavy atom. The number of ether oxygens (including phenoxy) is 4. The number of benzene rings is 6. The van der Waals surface area contributed by atoms with Crippen molar-refractivity contribution in [1.82, 2.24) is 0 Å². The van der Waals surface area contributed by atoms with Gasteiger partial charge in [0, 0.05) is 18.4 Å². The lowest BCUT2D eigenvalue weighted by molar-refractivity contribution is -0.0613. The van der Waals surface area contributed by atoms with Crippen LogP contribution in [0.1, 0.15) is 85.0 Å². The standard InChI is InChI=1S/C33H32O4.C25H20O2.C4H8O/c1-4-35-24(3)37-28-19-15-26(16-20-28)33(25-13-17-27(18-14-25)36-23(2)21-22-34)31-11-7-5-9-29(31)30-10-6-8-12-32(30)33;26-19-13-9-17(10-14-19)25(18-11-15-20(27)16-12-18)23-7-3-1-5-21(23)22-6-2-4-8-24(22)25;1-3-5-4-2/h5-11,13-20,23-24,32,34H,4,12H2,1-3H3;1-7,9-16,24,26-27H,8H2;3H,1,4H2,2H3. The number of aliphatic hydroxyl groups is 1. The average Bonchev–Trinajstić information content (AvgIpc) is 3.85. The molecule has 0 radical (unpaired) electrons. The molecular formula is C62H60O7. The van der Waals surface area contributed by atoms with Crippen molar-refractivity contribution in [2.24, 2.45) is 11.8 Å². The fourth-order valence-electron chi connectivity index (χ4n) is 10.9. The summed E-state index contributed by atoms with van der Waals surface area (Å²) in [5.41, 5.74) is 11.9. The first-order valence-electron chi connectivity index (χ1n) is 23.8. The molecule has 350 valence electrons. The van der Waals surface area contributed by atoms with E-state index in [0.717, 1.165) is 36.3 Å². The Balaban J connectivity index is 0.000000176. The number of aromatic hydroxyl groups is 2. The minimum Gasteiger partial charge on any atom is -0.508 e. The first-order chi connectivity index (χ1) is 33.7. The van der Waals surface area contributed by atoms with Crippen molar-refractivity contribution >= 4 is 11.1 Å². The van der Waals surface area contributed by atoms with Gasteiger partial charge >= 0.3 is 0 Å². The van der Waals surface area contributed by atoms with Gasteiger partial charge in [-0.15, -0.1) is 0 Å². The molecule has 0 amide bonds.